The summed E-state index contributed by atoms with van der Waals surface area (Å²) in [4.78, 5) is 0. The average molecular weight is 283 g/mol. The van der Waals surface area contributed by atoms with E-state index in [1.54, 1.807) is 12.1 Å². The molecule has 110 valence electrons. The van der Waals surface area contributed by atoms with Crippen molar-refractivity contribution in [2.45, 2.75) is 32.4 Å². The van der Waals surface area contributed by atoms with Crippen molar-refractivity contribution in [2.75, 3.05) is 6.54 Å². The fourth-order valence-corrected chi connectivity index (χ4v) is 3.02. The van der Waals surface area contributed by atoms with Crippen molar-refractivity contribution >= 4 is 0 Å². The second-order valence-corrected chi connectivity index (χ2v) is 5.43. The molecule has 0 spiro atoms. The molecule has 0 heterocycles. The number of phenolic OH excluding ortho intramolecular Hbond substituents is 1. The highest BCUT2D eigenvalue weighted by Gasteiger charge is 2.24. The number of phenols is 1. The van der Waals surface area contributed by atoms with E-state index in [-0.39, 0.29) is 5.75 Å². The molecule has 2 N–H and O–H groups in total. The van der Waals surface area contributed by atoms with Gasteiger partial charge in [-0.1, -0.05) is 31.2 Å². The molecule has 0 bridgehead atoms. The van der Waals surface area contributed by atoms with E-state index >= 15 is 0 Å². The lowest BCUT2D eigenvalue weighted by Crippen LogP contribution is -2.18. The molecule has 1 atom stereocenters. The van der Waals surface area contributed by atoms with Crippen LogP contribution in [0, 0.1) is 0 Å². The molecule has 1 unspecified atom stereocenters. The van der Waals surface area contributed by atoms with Gasteiger partial charge in [-0.2, -0.15) is 0 Å². The zero-order valence-corrected chi connectivity index (χ0v) is 12.3. The summed E-state index contributed by atoms with van der Waals surface area (Å²) in [6, 6.07) is 14.0. The topological polar surface area (TPSA) is 41.5 Å². The van der Waals surface area contributed by atoms with Gasteiger partial charge in [-0.15, -0.1) is 0 Å². The largest absolute Gasteiger partial charge is 0.508 e. The van der Waals surface area contributed by atoms with E-state index in [1.165, 1.54) is 11.1 Å². The molecule has 0 aliphatic heterocycles. The minimum Gasteiger partial charge on any atom is -0.508 e. The smallest absolute Gasteiger partial charge is 0.123 e. The fourth-order valence-electron chi connectivity index (χ4n) is 3.02. The Hall–Kier alpha value is -2.00. The monoisotopic (exact) mass is 283 g/mol. The zero-order chi connectivity index (χ0) is 14.7. The Morgan fingerprint density at radius 3 is 2.90 bits per heavy atom. The molecule has 21 heavy (non-hydrogen) atoms. The van der Waals surface area contributed by atoms with E-state index in [0.717, 1.165) is 30.7 Å². The highest BCUT2D eigenvalue weighted by molar-refractivity contribution is 5.45. The SMILES string of the molecule is CCNC1CCc2c(OCc3cccc(O)c3)cccc21. The first-order valence-corrected chi connectivity index (χ1v) is 7.54. The number of hydrogen-bond acceptors (Lipinski definition) is 3. The molecule has 1 aliphatic carbocycles. The molecule has 3 nitrogen and oxygen atoms in total. The Kier molecular flexibility index (Phi) is 4.11. The lowest BCUT2D eigenvalue weighted by Gasteiger charge is -2.14. The molecule has 3 heteroatoms. The number of nitrogens with one attached hydrogen (secondary N) is 1. The highest BCUT2D eigenvalue weighted by Crippen LogP contribution is 2.37. The van der Waals surface area contributed by atoms with Crippen LogP contribution >= 0.6 is 0 Å². The number of rotatable bonds is 5. The molecule has 0 saturated heterocycles. The molecule has 0 saturated carbocycles. The number of aromatic hydroxyl groups is 1. The third-order valence-electron chi connectivity index (χ3n) is 3.98. The lowest BCUT2D eigenvalue weighted by atomic mass is 10.1. The maximum atomic E-state index is 9.50. The van der Waals surface area contributed by atoms with E-state index in [2.05, 4.69) is 24.4 Å². The standard InChI is InChI=1S/C18H21NO2/c1-2-19-17-10-9-16-15(17)7-4-8-18(16)21-12-13-5-3-6-14(20)11-13/h3-8,11,17,19-20H,2,9-10,12H2,1H3. The highest BCUT2D eigenvalue weighted by atomic mass is 16.5. The van der Waals surface area contributed by atoms with Gasteiger partial charge in [-0.25, -0.2) is 0 Å². The van der Waals surface area contributed by atoms with Crippen LogP contribution in [0.1, 0.15) is 36.1 Å². The lowest BCUT2D eigenvalue weighted by molar-refractivity contribution is 0.302. The van der Waals surface area contributed by atoms with Crippen LogP contribution in [0.5, 0.6) is 11.5 Å². The summed E-state index contributed by atoms with van der Waals surface area (Å²) >= 11 is 0. The van der Waals surface area contributed by atoms with Gasteiger partial charge in [-0.05, 0) is 54.3 Å². The summed E-state index contributed by atoms with van der Waals surface area (Å²) in [5, 5.41) is 13.0. The number of benzene rings is 2. The normalized spacial score (nSPS) is 16.7. The van der Waals surface area contributed by atoms with E-state index in [0.29, 0.717) is 12.6 Å². The van der Waals surface area contributed by atoms with Crippen LogP contribution in [0.4, 0.5) is 0 Å². The first-order chi connectivity index (χ1) is 10.3. The predicted molar refractivity (Wildman–Crippen MR) is 83.6 cm³/mol. The Balaban J connectivity index is 1.75. The number of fused-ring (bicyclic) bond motifs is 1. The maximum absolute atomic E-state index is 9.50. The predicted octanol–water partition coefficient (Wildman–Crippen LogP) is 3.57. The van der Waals surface area contributed by atoms with Crippen molar-refractivity contribution in [2.24, 2.45) is 0 Å². The second kappa shape index (κ2) is 6.19. The average Bonchev–Trinajstić information content (AvgIpc) is 2.90. The van der Waals surface area contributed by atoms with Crippen LogP contribution in [0.2, 0.25) is 0 Å². The van der Waals surface area contributed by atoms with Crippen molar-refractivity contribution in [1.82, 2.24) is 5.32 Å². The minimum atomic E-state index is 0.279. The summed E-state index contributed by atoms with van der Waals surface area (Å²) in [6.07, 6.45) is 2.19. The molecule has 3 rings (SSSR count). The maximum Gasteiger partial charge on any atom is 0.123 e. The molecule has 2 aromatic rings. The van der Waals surface area contributed by atoms with Gasteiger partial charge in [0, 0.05) is 6.04 Å². The number of hydrogen-bond donors (Lipinski definition) is 2. The van der Waals surface area contributed by atoms with Gasteiger partial charge in [0.05, 0.1) is 0 Å². The summed E-state index contributed by atoms with van der Waals surface area (Å²) in [6.45, 7) is 3.61. The van der Waals surface area contributed by atoms with E-state index in [1.807, 2.05) is 18.2 Å². The van der Waals surface area contributed by atoms with Crippen molar-refractivity contribution in [3.8, 4) is 11.5 Å². The Morgan fingerprint density at radius 1 is 1.24 bits per heavy atom. The minimum absolute atomic E-state index is 0.279. The Bertz CT molecular complexity index is 624. The molecule has 2 aromatic carbocycles. The van der Waals surface area contributed by atoms with Gasteiger partial charge in [-0.3, -0.25) is 0 Å². The molecule has 0 fully saturated rings. The fraction of sp³-hybridized carbons (Fsp3) is 0.333. The summed E-state index contributed by atoms with van der Waals surface area (Å²) in [7, 11) is 0. The van der Waals surface area contributed by atoms with Crippen LogP contribution in [0.15, 0.2) is 42.5 Å². The van der Waals surface area contributed by atoms with Gasteiger partial charge in [0.1, 0.15) is 18.1 Å². The van der Waals surface area contributed by atoms with Gasteiger partial charge in [0.15, 0.2) is 0 Å². The molecule has 1 aliphatic rings. The van der Waals surface area contributed by atoms with Gasteiger partial charge < -0.3 is 15.2 Å². The van der Waals surface area contributed by atoms with E-state index in [9.17, 15) is 5.11 Å². The van der Waals surface area contributed by atoms with E-state index in [4.69, 9.17) is 4.74 Å². The van der Waals surface area contributed by atoms with Crippen LogP contribution in [0.3, 0.4) is 0 Å². The Morgan fingerprint density at radius 2 is 2.10 bits per heavy atom. The van der Waals surface area contributed by atoms with E-state index < -0.39 is 0 Å². The van der Waals surface area contributed by atoms with Crippen molar-refractivity contribution in [1.29, 1.82) is 0 Å². The van der Waals surface area contributed by atoms with Crippen LogP contribution in [0.25, 0.3) is 0 Å². The molecule has 0 aromatic heterocycles. The second-order valence-electron chi connectivity index (χ2n) is 5.43. The van der Waals surface area contributed by atoms with Crippen LogP contribution in [-0.4, -0.2) is 11.7 Å². The molecule has 0 radical (unpaired) electrons. The van der Waals surface area contributed by atoms with Crippen molar-refractivity contribution in [3.63, 3.8) is 0 Å². The van der Waals surface area contributed by atoms with Gasteiger partial charge >= 0.3 is 0 Å². The summed E-state index contributed by atoms with van der Waals surface area (Å²) in [5.41, 5.74) is 3.67. The van der Waals surface area contributed by atoms with Gasteiger partial charge in [0.25, 0.3) is 0 Å². The Labute approximate surface area is 125 Å². The van der Waals surface area contributed by atoms with Crippen LogP contribution in [-0.2, 0) is 13.0 Å². The molecular formula is C18H21NO2. The molecule has 0 amide bonds. The first kappa shape index (κ1) is 14.0. The third kappa shape index (κ3) is 3.03. The van der Waals surface area contributed by atoms with Crippen molar-refractivity contribution < 1.29 is 9.84 Å². The van der Waals surface area contributed by atoms with Crippen LogP contribution < -0.4 is 10.1 Å². The molecular weight excluding hydrogens is 262 g/mol. The van der Waals surface area contributed by atoms with Crippen molar-refractivity contribution in [3.05, 3.63) is 59.2 Å². The summed E-state index contributed by atoms with van der Waals surface area (Å²) in [5.74, 6) is 1.25. The van der Waals surface area contributed by atoms with Gasteiger partial charge in [0.2, 0.25) is 0 Å². The first-order valence-electron chi connectivity index (χ1n) is 7.54. The zero-order valence-electron chi connectivity index (χ0n) is 12.3. The quantitative estimate of drug-likeness (QED) is 0.881. The third-order valence-corrected chi connectivity index (χ3v) is 3.98. The summed E-state index contributed by atoms with van der Waals surface area (Å²) < 4.78 is 5.98. The number of ether oxygens (including phenoxy) is 1.